The van der Waals surface area contributed by atoms with Gasteiger partial charge in [-0.15, -0.1) is 0 Å². The van der Waals surface area contributed by atoms with Crippen LogP contribution in [-0.2, 0) is 0 Å². The number of hydrogen-bond donors (Lipinski definition) is 0. The summed E-state index contributed by atoms with van der Waals surface area (Å²) >= 11 is 3.56. The van der Waals surface area contributed by atoms with Crippen molar-refractivity contribution in [1.29, 1.82) is 0 Å². The van der Waals surface area contributed by atoms with Gasteiger partial charge in [-0.1, -0.05) is 47.5 Å². The van der Waals surface area contributed by atoms with Crippen LogP contribution in [0.2, 0.25) is 0 Å². The topological polar surface area (TPSA) is 9.23 Å². The summed E-state index contributed by atoms with van der Waals surface area (Å²) in [6, 6.07) is 4.42. The third-order valence-corrected chi connectivity index (χ3v) is 4.26. The fourth-order valence-corrected chi connectivity index (χ4v) is 2.61. The normalized spacial score (nSPS) is 14.6. The maximum absolute atomic E-state index is 5.53. The van der Waals surface area contributed by atoms with E-state index < -0.39 is 0 Å². The molecule has 0 radical (unpaired) electrons. The van der Waals surface area contributed by atoms with Crippen LogP contribution in [0.15, 0.2) is 12.1 Å². The molecule has 90 valence electrons. The largest absolute Gasteiger partial charge is 0.496 e. The number of alkyl halides is 1. The highest BCUT2D eigenvalue weighted by Gasteiger charge is 2.18. The summed E-state index contributed by atoms with van der Waals surface area (Å²) in [6.45, 7) is 8.78. The van der Waals surface area contributed by atoms with Crippen LogP contribution in [0, 0.1) is 19.8 Å². The molecule has 0 aliphatic heterocycles. The van der Waals surface area contributed by atoms with E-state index in [1.807, 2.05) is 0 Å². The Morgan fingerprint density at radius 2 is 1.88 bits per heavy atom. The molecule has 16 heavy (non-hydrogen) atoms. The zero-order chi connectivity index (χ0) is 12.3. The van der Waals surface area contributed by atoms with Crippen LogP contribution in [0.1, 0.15) is 36.5 Å². The Balaban J connectivity index is 3.20. The Kier molecular flexibility index (Phi) is 4.85. The Morgan fingerprint density at radius 1 is 1.25 bits per heavy atom. The van der Waals surface area contributed by atoms with E-state index in [4.69, 9.17) is 4.74 Å². The Labute approximate surface area is 107 Å². The monoisotopic (exact) mass is 284 g/mol. The molecular weight excluding hydrogens is 264 g/mol. The second-order valence-electron chi connectivity index (χ2n) is 4.62. The van der Waals surface area contributed by atoms with Gasteiger partial charge in [-0.2, -0.15) is 0 Å². The first-order valence-electron chi connectivity index (χ1n) is 5.72. The molecule has 0 spiro atoms. The first kappa shape index (κ1) is 13.6. The molecule has 0 aromatic heterocycles. The molecule has 2 atom stereocenters. The Hall–Kier alpha value is -0.500. The van der Waals surface area contributed by atoms with E-state index in [0.717, 1.165) is 11.1 Å². The molecule has 1 nitrogen and oxygen atoms in total. The van der Waals surface area contributed by atoms with Crippen LogP contribution in [0.4, 0.5) is 0 Å². The van der Waals surface area contributed by atoms with Crippen LogP contribution in [0.3, 0.4) is 0 Å². The molecule has 0 N–H and O–H groups in total. The number of halogens is 1. The molecule has 1 aromatic carbocycles. The van der Waals surface area contributed by atoms with Crippen molar-refractivity contribution in [1.82, 2.24) is 0 Å². The van der Waals surface area contributed by atoms with Gasteiger partial charge >= 0.3 is 0 Å². The molecule has 0 fully saturated rings. The van der Waals surface area contributed by atoms with Crippen LogP contribution in [0.25, 0.3) is 0 Å². The lowest BCUT2D eigenvalue weighted by atomic mass is 9.87. The zero-order valence-corrected chi connectivity index (χ0v) is 12.4. The van der Waals surface area contributed by atoms with Crippen molar-refractivity contribution in [3.8, 4) is 5.75 Å². The number of methoxy groups -OCH3 is 1. The summed E-state index contributed by atoms with van der Waals surface area (Å²) in [5.74, 6) is 2.16. The van der Waals surface area contributed by atoms with Crippen molar-refractivity contribution in [2.24, 2.45) is 5.92 Å². The van der Waals surface area contributed by atoms with Gasteiger partial charge in [0.25, 0.3) is 0 Å². The highest BCUT2D eigenvalue weighted by atomic mass is 79.9. The van der Waals surface area contributed by atoms with Gasteiger partial charge in [-0.3, -0.25) is 0 Å². The molecule has 0 aliphatic carbocycles. The number of rotatable bonds is 4. The Morgan fingerprint density at radius 3 is 2.38 bits per heavy atom. The lowest BCUT2D eigenvalue weighted by Gasteiger charge is -2.22. The average molecular weight is 285 g/mol. The minimum absolute atomic E-state index is 0.507. The van der Waals surface area contributed by atoms with E-state index >= 15 is 0 Å². The van der Waals surface area contributed by atoms with Crippen LogP contribution < -0.4 is 4.74 Å². The summed E-state index contributed by atoms with van der Waals surface area (Å²) < 4.78 is 5.53. The van der Waals surface area contributed by atoms with Crippen molar-refractivity contribution < 1.29 is 4.74 Å². The summed E-state index contributed by atoms with van der Waals surface area (Å²) in [5.41, 5.74) is 3.86. The lowest BCUT2D eigenvalue weighted by Crippen LogP contribution is -2.10. The second-order valence-corrected chi connectivity index (χ2v) is 5.27. The van der Waals surface area contributed by atoms with Crippen molar-refractivity contribution in [2.75, 3.05) is 12.4 Å². The molecule has 0 amide bonds. The fraction of sp³-hybridized carbons (Fsp3) is 0.571. The minimum atomic E-state index is 0.507. The van der Waals surface area contributed by atoms with Gasteiger partial charge in [0.15, 0.2) is 0 Å². The van der Waals surface area contributed by atoms with Gasteiger partial charge in [0.2, 0.25) is 0 Å². The number of benzene rings is 1. The molecule has 0 saturated carbocycles. The number of ether oxygens (including phenoxy) is 1. The molecule has 2 unspecified atom stereocenters. The van der Waals surface area contributed by atoms with E-state index in [2.05, 4.69) is 55.8 Å². The first-order valence-corrected chi connectivity index (χ1v) is 6.84. The summed E-state index contributed by atoms with van der Waals surface area (Å²) in [6.07, 6.45) is 0. The number of hydrogen-bond acceptors (Lipinski definition) is 1. The van der Waals surface area contributed by atoms with Crippen molar-refractivity contribution in [2.45, 2.75) is 33.6 Å². The van der Waals surface area contributed by atoms with E-state index in [1.54, 1.807) is 7.11 Å². The summed E-state index contributed by atoms with van der Waals surface area (Å²) in [5, 5.41) is 1.02. The predicted molar refractivity (Wildman–Crippen MR) is 73.8 cm³/mol. The minimum Gasteiger partial charge on any atom is -0.496 e. The molecule has 2 heteroatoms. The third kappa shape index (κ3) is 2.79. The number of aryl methyl sites for hydroxylation is 2. The van der Waals surface area contributed by atoms with Gasteiger partial charge in [-0.25, -0.2) is 0 Å². The maximum Gasteiger partial charge on any atom is 0.125 e. The first-order chi connectivity index (χ1) is 7.51. The highest BCUT2D eigenvalue weighted by molar-refractivity contribution is 9.09. The molecule has 0 aliphatic rings. The van der Waals surface area contributed by atoms with E-state index in [-0.39, 0.29) is 0 Å². The molecule has 0 bridgehead atoms. The molecule has 1 rings (SSSR count). The van der Waals surface area contributed by atoms with E-state index in [0.29, 0.717) is 11.8 Å². The average Bonchev–Trinajstić information content (AvgIpc) is 2.26. The molecule has 0 heterocycles. The summed E-state index contributed by atoms with van der Waals surface area (Å²) in [4.78, 5) is 0. The van der Waals surface area contributed by atoms with Crippen LogP contribution in [-0.4, -0.2) is 12.4 Å². The van der Waals surface area contributed by atoms with Gasteiger partial charge in [0.1, 0.15) is 5.75 Å². The van der Waals surface area contributed by atoms with Crippen LogP contribution >= 0.6 is 15.9 Å². The SMILES string of the molecule is COc1c(C)cc(C)cc1C(C)C(C)CBr. The van der Waals surface area contributed by atoms with E-state index in [9.17, 15) is 0 Å². The van der Waals surface area contributed by atoms with Gasteiger partial charge in [-0.05, 0) is 36.8 Å². The van der Waals surface area contributed by atoms with Gasteiger partial charge in [0, 0.05) is 5.33 Å². The quantitative estimate of drug-likeness (QED) is 0.743. The molecular formula is C14H21BrO. The highest BCUT2D eigenvalue weighted by Crippen LogP contribution is 2.35. The van der Waals surface area contributed by atoms with Crippen molar-refractivity contribution in [3.05, 3.63) is 28.8 Å². The predicted octanol–water partition coefficient (Wildman–Crippen LogP) is 4.45. The van der Waals surface area contributed by atoms with Gasteiger partial charge < -0.3 is 4.74 Å². The van der Waals surface area contributed by atoms with E-state index in [1.165, 1.54) is 16.7 Å². The maximum atomic E-state index is 5.53. The second kappa shape index (κ2) is 5.72. The van der Waals surface area contributed by atoms with Gasteiger partial charge in [0.05, 0.1) is 7.11 Å². The molecule has 0 saturated heterocycles. The Bertz CT molecular complexity index is 360. The molecule has 1 aromatic rings. The zero-order valence-electron chi connectivity index (χ0n) is 10.8. The third-order valence-electron chi connectivity index (χ3n) is 3.24. The standard InChI is InChI=1S/C14H21BrO/c1-9-6-10(2)14(16-5)13(7-9)12(4)11(3)8-15/h6-7,11-12H,8H2,1-5H3. The fourth-order valence-electron chi connectivity index (χ4n) is 2.04. The van der Waals surface area contributed by atoms with Crippen molar-refractivity contribution in [3.63, 3.8) is 0 Å². The summed E-state index contributed by atoms with van der Waals surface area (Å²) in [7, 11) is 1.76. The smallest absolute Gasteiger partial charge is 0.125 e. The van der Waals surface area contributed by atoms with Crippen LogP contribution in [0.5, 0.6) is 5.75 Å². The lowest BCUT2D eigenvalue weighted by molar-refractivity contribution is 0.396. The van der Waals surface area contributed by atoms with Crippen molar-refractivity contribution >= 4 is 15.9 Å².